The van der Waals surface area contributed by atoms with Gasteiger partial charge in [0.1, 0.15) is 0 Å². The zero-order valence-electron chi connectivity index (χ0n) is 13.4. The Morgan fingerprint density at radius 3 is 2.76 bits per heavy atom. The summed E-state index contributed by atoms with van der Waals surface area (Å²) in [5.74, 6) is 0.983. The molecule has 4 rings (SSSR count). The van der Waals surface area contributed by atoms with Crippen LogP contribution in [0.3, 0.4) is 0 Å². The van der Waals surface area contributed by atoms with Crippen LogP contribution in [0, 0.1) is 0 Å². The number of hydrogen-bond acceptors (Lipinski definition) is 5. The number of para-hydroxylation sites is 2. The number of imidazole rings is 1. The van der Waals surface area contributed by atoms with E-state index in [0.717, 1.165) is 16.6 Å². The molecule has 7 heteroatoms. The summed E-state index contributed by atoms with van der Waals surface area (Å²) >= 11 is 7.58. The number of rotatable bonds is 3. The van der Waals surface area contributed by atoms with Crippen molar-refractivity contribution in [2.24, 2.45) is 0 Å². The Morgan fingerprint density at radius 2 is 2.00 bits per heavy atom. The fourth-order valence-electron chi connectivity index (χ4n) is 2.78. The number of hydrogen-bond donors (Lipinski definition) is 0. The molecule has 0 spiro atoms. The van der Waals surface area contributed by atoms with Gasteiger partial charge in [-0.3, -0.25) is 4.79 Å². The van der Waals surface area contributed by atoms with Gasteiger partial charge >= 0.3 is 0 Å². The van der Waals surface area contributed by atoms with Crippen LogP contribution in [0.2, 0.25) is 5.02 Å². The molecule has 4 aromatic rings. The van der Waals surface area contributed by atoms with Crippen LogP contribution < -0.4 is 19.6 Å². The van der Waals surface area contributed by atoms with E-state index >= 15 is 0 Å². The average Bonchev–Trinajstić information content (AvgIpc) is 3.11. The van der Waals surface area contributed by atoms with Crippen LogP contribution >= 0.6 is 22.9 Å². The maximum absolute atomic E-state index is 12.8. The number of aromatic nitrogens is 2. The van der Waals surface area contributed by atoms with Gasteiger partial charge in [0.25, 0.3) is 5.56 Å². The van der Waals surface area contributed by atoms with Gasteiger partial charge in [0.15, 0.2) is 16.5 Å². The van der Waals surface area contributed by atoms with E-state index in [1.807, 2.05) is 24.3 Å². The molecule has 0 aliphatic carbocycles. The quantitative estimate of drug-likeness (QED) is 0.554. The van der Waals surface area contributed by atoms with Crippen LogP contribution in [0.4, 0.5) is 0 Å². The standard InChI is InChI=1S/C18H13ClN2O3S/c1-23-14-8-10(7-11(19)16(14)24-2)9-15-17(22)21-13-6-4-3-5-12(13)20-18(21)25-15/h3-9H,1-2H3/b15-9+. The lowest BCUT2D eigenvalue weighted by molar-refractivity contribution is 0.355. The van der Waals surface area contributed by atoms with Gasteiger partial charge in [0, 0.05) is 0 Å². The highest BCUT2D eigenvalue weighted by Gasteiger charge is 2.12. The molecule has 0 aliphatic rings. The largest absolute Gasteiger partial charge is 0.493 e. The van der Waals surface area contributed by atoms with E-state index in [4.69, 9.17) is 21.1 Å². The van der Waals surface area contributed by atoms with Crippen LogP contribution in [-0.4, -0.2) is 23.6 Å². The van der Waals surface area contributed by atoms with Crippen molar-refractivity contribution < 1.29 is 9.47 Å². The summed E-state index contributed by atoms with van der Waals surface area (Å²) in [7, 11) is 3.07. The van der Waals surface area contributed by atoms with E-state index < -0.39 is 0 Å². The first-order chi connectivity index (χ1) is 12.1. The molecule has 2 aromatic heterocycles. The second-order valence-electron chi connectivity index (χ2n) is 5.37. The highest BCUT2D eigenvalue weighted by Crippen LogP contribution is 2.36. The van der Waals surface area contributed by atoms with Crippen LogP contribution in [0.25, 0.3) is 22.1 Å². The Morgan fingerprint density at radius 1 is 1.20 bits per heavy atom. The molecule has 0 unspecified atom stereocenters. The lowest BCUT2D eigenvalue weighted by atomic mass is 10.2. The molecule has 0 aliphatic heterocycles. The smallest absolute Gasteiger partial charge is 0.274 e. The third kappa shape index (κ3) is 2.54. The topological polar surface area (TPSA) is 52.8 Å². The molecule has 126 valence electrons. The predicted molar refractivity (Wildman–Crippen MR) is 100 cm³/mol. The Bertz CT molecular complexity index is 1210. The number of fused-ring (bicyclic) bond motifs is 3. The third-order valence-electron chi connectivity index (χ3n) is 3.90. The normalized spacial score (nSPS) is 12.2. The first-order valence-electron chi connectivity index (χ1n) is 7.45. The lowest BCUT2D eigenvalue weighted by Gasteiger charge is -2.09. The van der Waals surface area contributed by atoms with Crippen LogP contribution in [-0.2, 0) is 0 Å². The molecule has 0 amide bonds. The SMILES string of the molecule is COc1cc(/C=c2/sc3nc4ccccc4n3c2=O)cc(Cl)c1OC. The Hall–Kier alpha value is -2.57. The first kappa shape index (κ1) is 15.9. The summed E-state index contributed by atoms with van der Waals surface area (Å²) in [6.07, 6.45) is 1.78. The van der Waals surface area contributed by atoms with Crippen molar-refractivity contribution in [1.29, 1.82) is 0 Å². The number of benzene rings is 2. The zero-order valence-corrected chi connectivity index (χ0v) is 15.0. The lowest BCUT2D eigenvalue weighted by Crippen LogP contribution is -2.22. The fraction of sp³-hybridized carbons (Fsp3) is 0.111. The van der Waals surface area contributed by atoms with Crippen molar-refractivity contribution in [3.05, 3.63) is 61.9 Å². The maximum Gasteiger partial charge on any atom is 0.274 e. The molecule has 0 saturated carbocycles. The summed E-state index contributed by atoms with van der Waals surface area (Å²) in [5, 5.41) is 0.423. The molecule has 2 aromatic carbocycles. The van der Waals surface area contributed by atoms with Crippen molar-refractivity contribution in [2.75, 3.05) is 14.2 Å². The molecule has 2 heterocycles. The van der Waals surface area contributed by atoms with Gasteiger partial charge in [0.05, 0.1) is 34.8 Å². The van der Waals surface area contributed by atoms with Gasteiger partial charge in [-0.1, -0.05) is 35.1 Å². The molecule has 0 radical (unpaired) electrons. The minimum atomic E-state index is -0.0976. The van der Waals surface area contributed by atoms with Crippen molar-refractivity contribution >= 4 is 45.0 Å². The molecule has 0 atom stereocenters. The van der Waals surface area contributed by atoms with Gasteiger partial charge in [-0.25, -0.2) is 9.38 Å². The number of methoxy groups -OCH3 is 2. The van der Waals surface area contributed by atoms with Crippen molar-refractivity contribution in [3.63, 3.8) is 0 Å². The average molecular weight is 373 g/mol. The number of halogens is 1. The molecule has 0 bridgehead atoms. The maximum atomic E-state index is 12.8. The van der Waals surface area contributed by atoms with Crippen LogP contribution in [0.1, 0.15) is 5.56 Å². The minimum absolute atomic E-state index is 0.0976. The molecular formula is C18H13ClN2O3S. The monoisotopic (exact) mass is 372 g/mol. The predicted octanol–water partition coefficient (Wildman–Crippen LogP) is 3.13. The summed E-state index contributed by atoms with van der Waals surface area (Å²) in [5.41, 5.74) is 2.28. The highest BCUT2D eigenvalue weighted by molar-refractivity contribution is 7.15. The molecule has 25 heavy (non-hydrogen) atoms. The van der Waals surface area contributed by atoms with Crippen molar-refractivity contribution in [3.8, 4) is 11.5 Å². The molecule has 0 saturated heterocycles. The Kier molecular flexibility index (Phi) is 3.86. The second kappa shape index (κ2) is 6.06. The van der Waals surface area contributed by atoms with Gasteiger partial charge < -0.3 is 9.47 Å². The van der Waals surface area contributed by atoms with Gasteiger partial charge in [0.2, 0.25) is 0 Å². The summed E-state index contributed by atoms with van der Waals surface area (Å²) < 4.78 is 12.8. The number of thiazole rings is 1. The third-order valence-corrected chi connectivity index (χ3v) is 5.15. The summed E-state index contributed by atoms with van der Waals surface area (Å²) in [6.45, 7) is 0. The fourth-order valence-corrected chi connectivity index (χ4v) is 4.07. The molecule has 0 N–H and O–H groups in total. The highest BCUT2D eigenvalue weighted by atomic mass is 35.5. The van der Waals surface area contributed by atoms with E-state index in [0.29, 0.717) is 26.0 Å². The molecular weight excluding hydrogens is 360 g/mol. The van der Waals surface area contributed by atoms with Gasteiger partial charge in [-0.05, 0) is 35.9 Å². The Balaban J connectivity index is 1.94. The van der Waals surface area contributed by atoms with E-state index in [1.54, 1.807) is 29.7 Å². The van der Waals surface area contributed by atoms with Crippen LogP contribution in [0.5, 0.6) is 11.5 Å². The van der Waals surface area contributed by atoms with E-state index in [9.17, 15) is 4.79 Å². The summed E-state index contributed by atoms with van der Waals surface area (Å²) in [4.78, 5) is 18.0. The van der Waals surface area contributed by atoms with E-state index in [1.165, 1.54) is 18.4 Å². The van der Waals surface area contributed by atoms with Crippen molar-refractivity contribution in [2.45, 2.75) is 0 Å². The Labute approximate surface area is 151 Å². The van der Waals surface area contributed by atoms with Gasteiger partial charge in [-0.15, -0.1) is 0 Å². The second-order valence-corrected chi connectivity index (χ2v) is 6.79. The number of ether oxygens (including phenoxy) is 2. The zero-order chi connectivity index (χ0) is 17.6. The minimum Gasteiger partial charge on any atom is -0.493 e. The van der Waals surface area contributed by atoms with Gasteiger partial charge in [-0.2, -0.15) is 0 Å². The molecule has 5 nitrogen and oxygen atoms in total. The van der Waals surface area contributed by atoms with Crippen molar-refractivity contribution in [1.82, 2.24) is 9.38 Å². The van der Waals surface area contributed by atoms with E-state index in [-0.39, 0.29) is 5.56 Å². The summed E-state index contributed by atoms with van der Waals surface area (Å²) in [6, 6.07) is 11.1. The molecule has 0 fully saturated rings. The van der Waals surface area contributed by atoms with Crippen LogP contribution in [0.15, 0.2) is 41.2 Å². The van der Waals surface area contributed by atoms with E-state index in [2.05, 4.69) is 4.98 Å². The first-order valence-corrected chi connectivity index (χ1v) is 8.65. The number of nitrogens with zero attached hydrogens (tertiary/aromatic N) is 2.